The number of aromatic nitrogens is 3. The molecule has 0 bridgehead atoms. The van der Waals surface area contributed by atoms with Gasteiger partial charge in [-0.15, -0.1) is 0 Å². The van der Waals surface area contributed by atoms with Crippen molar-refractivity contribution in [2.45, 2.75) is 33.4 Å². The molecule has 0 unspecified atom stereocenters. The van der Waals surface area contributed by atoms with Crippen LogP contribution >= 0.6 is 0 Å². The minimum atomic E-state index is 0.359. The first-order valence-corrected chi connectivity index (χ1v) is 6.38. The van der Waals surface area contributed by atoms with Gasteiger partial charge in [-0.1, -0.05) is 5.16 Å². The number of hydrogen-bond acceptors (Lipinski definition) is 6. The molecule has 1 aliphatic rings. The number of fused-ring (bicyclic) bond motifs is 1. The molecule has 0 radical (unpaired) electrons. The lowest BCUT2D eigenvalue weighted by Gasteiger charge is -2.27. The number of nitrogen functional groups attached to an aromatic ring is 1. The van der Waals surface area contributed by atoms with Crippen LogP contribution in [0.2, 0.25) is 0 Å². The van der Waals surface area contributed by atoms with Crippen LogP contribution in [0.4, 0.5) is 5.95 Å². The average molecular weight is 259 g/mol. The molecule has 0 aliphatic carbocycles. The van der Waals surface area contributed by atoms with Gasteiger partial charge < -0.3 is 10.3 Å². The summed E-state index contributed by atoms with van der Waals surface area (Å²) in [6.07, 6.45) is 2.74. The standard InChI is InChI=1S/C13H17N5O/c1-8-11(9(2)19-17-8)7-18-4-3-12-10(6-18)5-15-13(14)16-12/h5H,3-4,6-7H2,1-2H3,(H2,14,15,16). The molecule has 100 valence electrons. The maximum absolute atomic E-state index is 5.61. The fraction of sp³-hybridized carbons (Fsp3) is 0.462. The summed E-state index contributed by atoms with van der Waals surface area (Å²) < 4.78 is 5.20. The van der Waals surface area contributed by atoms with Gasteiger partial charge in [0, 0.05) is 43.4 Å². The molecule has 0 atom stereocenters. The molecule has 6 heteroatoms. The summed E-state index contributed by atoms with van der Waals surface area (Å²) in [5.41, 5.74) is 9.99. The third kappa shape index (κ3) is 2.31. The molecule has 3 rings (SSSR count). The second-order valence-electron chi connectivity index (χ2n) is 4.96. The van der Waals surface area contributed by atoms with Crippen LogP contribution in [-0.2, 0) is 19.5 Å². The Morgan fingerprint density at radius 1 is 1.42 bits per heavy atom. The number of rotatable bonds is 2. The fourth-order valence-corrected chi connectivity index (χ4v) is 2.48. The smallest absolute Gasteiger partial charge is 0.220 e. The van der Waals surface area contributed by atoms with Crippen LogP contribution < -0.4 is 5.73 Å². The normalized spacial score (nSPS) is 15.5. The minimum Gasteiger partial charge on any atom is -0.368 e. The van der Waals surface area contributed by atoms with Gasteiger partial charge in [-0.05, 0) is 13.8 Å². The Morgan fingerprint density at radius 2 is 2.26 bits per heavy atom. The molecule has 0 fully saturated rings. The van der Waals surface area contributed by atoms with Crippen LogP contribution in [0.5, 0.6) is 0 Å². The molecule has 0 amide bonds. The first-order valence-electron chi connectivity index (χ1n) is 6.38. The van der Waals surface area contributed by atoms with Gasteiger partial charge in [0.2, 0.25) is 5.95 Å². The van der Waals surface area contributed by atoms with Gasteiger partial charge in [0.25, 0.3) is 0 Å². The van der Waals surface area contributed by atoms with E-state index in [0.717, 1.165) is 48.8 Å². The van der Waals surface area contributed by atoms with Gasteiger partial charge in [-0.2, -0.15) is 0 Å². The summed E-state index contributed by atoms with van der Waals surface area (Å²) in [5, 5.41) is 3.99. The van der Waals surface area contributed by atoms with Crippen molar-refractivity contribution < 1.29 is 4.52 Å². The largest absolute Gasteiger partial charge is 0.368 e. The lowest BCUT2D eigenvalue weighted by atomic mass is 10.1. The van der Waals surface area contributed by atoms with Crippen molar-refractivity contribution in [3.8, 4) is 0 Å². The third-order valence-electron chi connectivity index (χ3n) is 3.59. The Morgan fingerprint density at radius 3 is 3.00 bits per heavy atom. The van der Waals surface area contributed by atoms with Crippen LogP contribution in [0.3, 0.4) is 0 Å². The van der Waals surface area contributed by atoms with E-state index in [1.54, 1.807) is 0 Å². The molecular formula is C13H17N5O. The summed E-state index contributed by atoms with van der Waals surface area (Å²) in [7, 11) is 0. The number of aryl methyl sites for hydroxylation is 2. The van der Waals surface area contributed by atoms with Gasteiger partial charge >= 0.3 is 0 Å². The zero-order valence-corrected chi connectivity index (χ0v) is 11.2. The maximum Gasteiger partial charge on any atom is 0.220 e. The molecule has 0 spiro atoms. The van der Waals surface area contributed by atoms with E-state index in [1.807, 2.05) is 20.0 Å². The summed E-state index contributed by atoms with van der Waals surface area (Å²) in [5.74, 6) is 1.26. The molecule has 1 aliphatic heterocycles. The van der Waals surface area contributed by atoms with Crippen molar-refractivity contribution in [1.82, 2.24) is 20.0 Å². The van der Waals surface area contributed by atoms with E-state index in [4.69, 9.17) is 10.3 Å². The Balaban J connectivity index is 1.77. The molecule has 2 aromatic heterocycles. The number of hydrogen-bond donors (Lipinski definition) is 1. The van der Waals surface area contributed by atoms with E-state index >= 15 is 0 Å². The Kier molecular flexibility index (Phi) is 2.94. The number of nitrogens with zero attached hydrogens (tertiary/aromatic N) is 4. The van der Waals surface area contributed by atoms with Crippen molar-refractivity contribution in [2.24, 2.45) is 0 Å². The maximum atomic E-state index is 5.61. The van der Waals surface area contributed by atoms with Gasteiger partial charge in [0.15, 0.2) is 0 Å². The van der Waals surface area contributed by atoms with Crippen molar-refractivity contribution in [1.29, 1.82) is 0 Å². The molecule has 19 heavy (non-hydrogen) atoms. The van der Waals surface area contributed by atoms with E-state index in [0.29, 0.717) is 5.95 Å². The summed E-state index contributed by atoms with van der Waals surface area (Å²) >= 11 is 0. The lowest BCUT2D eigenvalue weighted by Crippen LogP contribution is -2.31. The highest BCUT2D eigenvalue weighted by Gasteiger charge is 2.20. The van der Waals surface area contributed by atoms with Crippen molar-refractivity contribution in [3.05, 3.63) is 34.5 Å². The molecule has 2 aromatic rings. The van der Waals surface area contributed by atoms with E-state index < -0.39 is 0 Å². The third-order valence-corrected chi connectivity index (χ3v) is 3.59. The van der Waals surface area contributed by atoms with Crippen LogP contribution in [0.25, 0.3) is 0 Å². The van der Waals surface area contributed by atoms with Gasteiger partial charge in [-0.3, -0.25) is 4.90 Å². The monoisotopic (exact) mass is 259 g/mol. The number of anilines is 1. The van der Waals surface area contributed by atoms with E-state index in [9.17, 15) is 0 Å². The minimum absolute atomic E-state index is 0.359. The highest BCUT2D eigenvalue weighted by atomic mass is 16.5. The summed E-state index contributed by atoms with van der Waals surface area (Å²) in [6, 6.07) is 0. The van der Waals surface area contributed by atoms with Gasteiger partial charge in [-0.25, -0.2) is 9.97 Å². The Hall–Kier alpha value is -1.95. The van der Waals surface area contributed by atoms with Crippen molar-refractivity contribution >= 4 is 5.95 Å². The Bertz CT molecular complexity index is 588. The molecule has 6 nitrogen and oxygen atoms in total. The highest BCUT2D eigenvalue weighted by molar-refractivity contribution is 5.27. The first-order chi connectivity index (χ1) is 9.13. The predicted molar refractivity (Wildman–Crippen MR) is 70.2 cm³/mol. The van der Waals surface area contributed by atoms with Crippen LogP contribution in [0, 0.1) is 13.8 Å². The molecule has 2 N–H and O–H groups in total. The molecule has 0 saturated heterocycles. The highest BCUT2D eigenvalue weighted by Crippen LogP contribution is 2.21. The predicted octanol–water partition coefficient (Wildman–Crippen LogP) is 1.22. The lowest BCUT2D eigenvalue weighted by molar-refractivity contribution is 0.241. The topological polar surface area (TPSA) is 81.1 Å². The second kappa shape index (κ2) is 4.62. The zero-order valence-electron chi connectivity index (χ0n) is 11.2. The SMILES string of the molecule is Cc1noc(C)c1CN1CCc2nc(N)ncc2C1. The van der Waals surface area contributed by atoms with Crippen molar-refractivity contribution in [3.63, 3.8) is 0 Å². The molecular weight excluding hydrogens is 242 g/mol. The van der Waals surface area contributed by atoms with Crippen LogP contribution in [0.15, 0.2) is 10.7 Å². The van der Waals surface area contributed by atoms with Crippen molar-refractivity contribution in [2.75, 3.05) is 12.3 Å². The molecule has 0 aromatic carbocycles. The van der Waals surface area contributed by atoms with E-state index in [1.165, 1.54) is 5.56 Å². The van der Waals surface area contributed by atoms with Gasteiger partial charge in [0.1, 0.15) is 5.76 Å². The summed E-state index contributed by atoms with van der Waals surface area (Å²) in [6.45, 7) is 6.60. The fourth-order valence-electron chi connectivity index (χ4n) is 2.48. The number of nitrogens with two attached hydrogens (primary N) is 1. The quantitative estimate of drug-likeness (QED) is 0.873. The summed E-state index contributed by atoms with van der Waals surface area (Å²) in [4.78, 5) is 10.7. The molecule has 3 heterocycles. The van der Waals surface area contributed by atoms with E-state index in [2.05, 4.69) is 20.0 Å². The Labute approximate surface area is 111 Å². The molecule has 0 saturated carbocycles. The zero-order chi connectivity index (χ0) is 13.4. The van der Waals surface area contributed by atoms with Crippen LogP contribution in [-0.4, -0.2) is 26.6 Å². The average Bonchev–Trinajstić information content (AvgIpc) is 2.71. The second-order valence-corrected chi connectivity index (χ2v) is 4.96. The van der Waals surface area contributed by atoms with E-state index in [-0.39, 0.29) is 0 Å². The van der Waals surface area contributed by atoms with Crippen LogP contribution in [0.1, 0.15) is 28.3 Å². The first kappa shape index (κ1) is 12.1. The van der Waals surface area contributed by atoms with Gasteiger partial charge in [0.05, 0.1) is 11.4 Å².